The van der Waals surface area contributed by atoms with E-state index in [0.717, 1.165) is 15.6 Å². The highest BCUT2D eigenvalue weighted by Crippen LogP contribution is 2.37. The highest BCUT2D eigenvalue weighted by atomic mass is 79.9. The number of ether oxygens (including phenoxy) is 2. The van der Waals surface area contributed by atoms with Crippen LogP contribution >= 0.6 is 31.9 Å². The summed E-state index contributed by atoms with van der Waals surface area (Å²) in [5.41, 5.74) is 5.66. The number of halogens is 2. The van der Waals surface area contributed by atoms with Crippen molar-refractivity contribution in [2.24, 2.45) is 5.10 Å². The summed E-state index contributed by atoms with van der Waals surface area (Å²) < 4.78 is 13.4. The van der Waals surface area contributed by atoms with E-state index in [0.29, 0.717) is 40.4 Å². The van der Waals surface area contributed by atoms with Crippen LogP contribution in [0.25, 0.3) is 0 Å². The zero-order valence-electron chi connectivity index (χ0n) is 19.3. The summed E-state index contributed by atoms with van der Waals surface area (Å²) in [7, 11) is 0. The van der Waals surface area contributed by atoms with Crippen molar-refractivity contribution in [2.45, 2.75) is 26.9 Å². The van der Waals surface area contributed by atoms with Crippen molar-refractivity contribution in [3.63, 3.8) is 0 Å². The number of anilines is 1. The molecule has 3 aromatic rings. The van der Waals surface area contributed by atoms with Crippen LogP contribution in [0.3, 0.4) is 0 Å². The first-order valence-electron chi connectivity index (χ1n) is 10.9. The molecule has 3 aromatic carbocycles. The third-order valence-corrected chi connectivity index (χ3v) is 5.89. The number of hydrogen-bond acceptors (Lipinski definition) is 5. The summed E-state index contributed by atoms with van der Waals surface area (Å²) in [6.45, 7) is 4.59. The number of nitrogens with one attached hydrogen (secondary N) is 2. The molecular weight excluding hydrogens is 578 g/mol. The molecule has 2 N–H and O–H groups in total. The van der Waals surface area contributed by atoms with E-state index in [2.05, 4.69) is 47.7 Å². The molecule has 0 atom stereocenters. The molecule has 9 heteroatoms. The third-order valence-electron chi connectivity index (χ3n) is 4.77. The molecule has 0 aliphatic heterocycles. The fourth-order valence-corrected chi connectivity index (χ4v) is 3.91. The van der Waals surface area contributed by atoms with E-state index in [1.165, 1.54) is 6.21 Å². The van der Waals surface area contributed by atoms with Gasteiger partial charge in [0.15, 0.2) is 11.5 Å². The smallest absolute Gasteiger partial charge is 0.249 e. The Morgan fingerprint density at radius 3 is 2.46 bits per heavy atom. The van der Waals surface area contributed by atoms with Crippen LogP contribution in [-0.4, -0.2) is 24.6 Å². The van der Waals surface area contributed by atoms with Crippen molar-refractivity contribution in [3.8, 4) is 11.5 Å². The maximum absolute atomic E-state index is 12.1. The molecule has 0 spiro atoms. The van der Waals surface area contributed by atoms with Gasteiger partial charge in [-0.3, -0.25) is 9.59 Å². The van der Waals surface area contributed by atoms with Gasteiger partial charge in [-0.25, -0.2) is 5.43 Å². The van der Waals surface area contributed by atoms with Crippen molar-refractivity contribution >= 4 is 55.6 Å². The van der Waals surface area contributed by atoms with Gasteiger partial charge in [-0.15, -0.1) is 0 Å². The second-order valence-corrected chi connectivity index (χ2v) is 9.28. The minimum absolute atomic E-state index is 0.345. The second-order valence-electron chi connectivity index (χ2n) is 7.51. The van der Waals surface area contributed by atoms with Crippen LogP contribution in [0.15, 0.2) is 74.7 Å². The number of benzene rings is 3. The Kier molecular flexibility index (Phi) is 9.86. The Bertz CT molecular complexity index is 1210. The number of carbonyl (C=O) groups excluding carboxylic acids is 2. The van der Waals surface area contributed by atoms with Gasteiger partial charge in [0.25, 0.3) is 0 Å². The van der Waals surface area contributed by atoms with Crippen molar-refractivity contribution in [1.82, 2.24) is 5.43 Å². The van der Waals surface area contributed by atoms with Gasteiger partial charge in [0.1, 0.15) is 13.0 Å². The molecule has 0 aliphatic rings. The first-order valence-corrected chi connectivity index (χ1v) is 12.4. The van der Waals surface area contributed by atoms with Gasteiger partial charge < -0.3 is 14.8 Å². The zero-order valence-corrected chi connectivity index (χ0v) is 22.5. The van der Waals surface area contributed by atoms with Crippen molar-refractivity contribution in [3.05, 3.63) is 86.3 Å². The summed E-state index contributed by atoms with van der Waals surface area (Å²) in [6, 6.07) is 18.8. The number of amides is 2. The summed E-state index contributed by atoms with van der Waals surface area (Å²) in [4.78, 5) is 24.2. The lowest BCUT2D eigenvalue weighted by Gasteiger charge is -2.14. The Balaban J connectivity index is 1.60. The standard InChI is InChI=1S/C26H25Br2N3O4/c1-3-34-23-13-19(12-21(28)26(23)35-16-18-8-10-20(27)11-9-18)15-29-31-25(33)14-24(32)30-22-7-5-4-6-17(22)2/h4-13,15H,3,14,16H2,1-2H3,(H,30,32)(H,31,33). The number of nitrogens with zero attached hydrogens (tertiary/aromatic N) is 1. The number of aryl methyl sites for hydroxylation is 1. The monoisotopic (exact) mass is 601 g/mol. The van der Waals surface area contributed by atoms with Gasteiger partial charge in [-0.2, -0.15) is 5.10 Å². The molecule has 3 rings (SSSR count). The highest BCUT2D eigenvalue weighted by molar-refractivity contribution is 9.10. The zero-order chi connectivity index (χ0) is 25.2. The van der Waals surface area contributed by atoms with Crippen LogP contribution in [-0.2, 0) is 16.2 Å². The molecule has 0 saturated carbocycles. The van der Waals surface area contributed by atoms with E-state index in [9.17, 15) is 9.59 Å². The Labute approximate surface area is 221 Å². The molecule has 35 heavy (non-hydrogen) atoms. The first kappa shape index (κ1) is 26.4. The number of carbonyl (C=O) groups is 2. The predicted octanol–water partition coefficient (Wildman–Crippen LogP) is 5.98. The normalized spacial score (nSPS) is 10.7. The maximum atomic E-state index is 12.1. The molecule has 0 heterocycles. The van der Waals surface area contributed by atoms with Crippen LogP contribution < -0.4 is 20.2 Å². The number of hydrazone groups is 1. The van der Waals surface area contributed by atoms with Crippen LogP contribution in [0.1, 0.15) is 30.0 Å². The number of rotatable bonds is 10. The van der Waals surface area contributed by atoms with E-state index in [1.807, 2.05) is 56.3 Å². The fraction of sp³-hybridized carbons (Fsp3) is 0.192. The number of hydrogen-bond donors (Lipinski definition) is 2. The van der Waals surface area contributed by atoms with Crippen LogP contribution in [0.2, 0.25) is 0 Å². The van der Waals surface area contributed by atoms with E-state index in [-0.39, 0.29) is 6.42 Å². The van der Waals surface area contributed by atoms with Crippen LogP contribution in [0.5, 0.6) is 11.5 Å². The maximum Gasteiger partial charge on any atom is 0.249 e. The minimum Gasteiger partial charge on any atom is -0.490 e. The molecule has 0 unspecified atom stereocenters. The molecule has 182 valence electrons. The Hall–Kier alpha value is -3.17. The van der Waals surface area contributed by atoms with E-state index >= 15 is 0 Å². The highest BCUT2D eigenvalue weighted by Gasteiger charge is 2.13. The SMILES string of the molecule is CCOc1cc(C=NNC(=O)CC(=O)Nc2ccccc2C)cc(Br)c1OCc1ccc(Br)cc1. The van der Waals surface area contributed by atoms with Crippen LogP contribution in [0, 0.1) is 6.92 Å². The van der Waals surface area contributed by atoms with E-state index < -0.39 is 11.8 Å². The molecule has 0 bridgehead atoms. The molecule has 0 aromatic heterocycles. The average Bonchev–Trinajstić information content (AvgIpc) is 2.81. The van der Waals surface area contributed by atoms with Crippen molar-refractivity contribution in [2.75, 3.05) is 11.9 Å². The predicted molar refractivity (Wildman–Crippen MR) is 144 cm³/mol. The molecule has 7 nitrogen and oxygen atoms in total. The summed E-state index contributed by atoms with van der Waals surface area (Å²) in [5, 5.41) is 6.69. The Morgan fingerprint density at radius 1 is 1.00 bits per heavy atom. The van der Waals surface area contributed by atoms with Gasteiger partial charge in [0, 0.05) is 10.2 Å². The quantitative estimate of drug-likeness (QED) is 0.170. The van der Waals surface area contributed by atoms with E-state index in [4.69, 9.17) is 9.47 Å². The van der Waals surface area contributed by atoms with Gasteiger partial charge in [-0.05, 0) is 76.8 Å². The Morgan fingerprint density at radius 2 is 1.74 bits per heavy atom. The number of para-hydroxylation sites is 1. The molecule has 0 saturated heterocycles. The third kappa shape index (κ3) is 8.22. The van der Waals surface area contributed by atoms with Crippen LogP contribution in [0.4, 0.5) is 5.69 Å². The van der Waals surface area contributed by atoms with Crippen molar-refractivity contribution < 1.29 is 19.1 Å². The largest absolute Gasteiger partial charge is 0.490 e. The lowest BCUT2D eigenvalue weighted by Crippen LogP contribution is -2.24. The van der Waals surface area contributed by atoms with Gasteiger partial charge in [0.05, 0.1) is 17.3 Å². The summed E-state index contributed by atoms with van der Waals surface area (Å²) >= 11 is 6.95. The van der Waals surface area contributed by atoms with Crippen molar-refractivity contribution in [1.29, 1.82) is 0 Å². The van der Waals surface area contributed by atoms with E-state index in [1.54, 1.807) is 18.2 Å². The molecule has 0 aliphatic carbocycles. The first-order chi connectivity index (χ1) is 16.9. The summed E-state index contributed by atoms with van der Waals surface area (Å²) in [5.74, 6) is 0.180. The topological polar surface area (TPSA) is 89.0 Å². The van der Waals surface area contributed by atoms with Gasteiger partial charge in [0.2, 0.25) is 11.8 Å². The molecular formula is C26H25Br2N3O4. The minimum atomic E-state index is -0.522. The lowest BCUT2D eigenvalue weighted by molar-refractivity contribution is -0.126. The molecule has 0 fully saturated rings. The molecule has 2 amide bonds. The lowest BCUT2D eigenvalue weighted by atomic mass is 10.2. The fourth-order valence-electron chi connectivity index (χ4n) is 3.07. The van der Waals surface area contributed by atoms with Gasteiger partial charge >= 0.3 is 0 Å². The second kappa shape index (κ2) is 13.1. The summed E-state index contributed by atoms with van der Waals surface area (Å²) in [6.07, 6.45) is 1.13. The average molecular weight is 603 g/mol. The molecule has 0 radical (unpaired) electrons. The van der Waals surface area contributed by atoms with Gasteiger partial charge in [-0.1, -0.05) is 46.3 Å².